The minimum absolute atomic E-state index is 0.0457. The van der Waals surface area contributed by atoms with Gasteiger partial charge in [0.15, 0.2) is 23.4 Å². The molecule has 0 bridgehead atoms. The van der Waals surface area contributed by atoms with E-state index < -0.39 is 29.1 Å². The Morgan fingerprint density at radius 1 is 1.65 bits per heavy atom. The van der Waals surface area contributed by atoms with Crippen molar-refractivity contribution in [2.24, 2.45) is 16.5 Å². The molecule has 0 aliphatic carbocycles. The maximum atomic E-state index is 12.8. The van der Waals surface area contributed by atoms with Crippen LogP contribution in [-0.4, -0.2) is 35.3 Å². The van der Waals surface area contributed by atoms with Crippen molar-refractivity contribution >= 4 is 29.8 Å². The van der Waals surface area contributed by atoms with Crippen LogP contribution in [0.25, 0.3) is 0 Å². The van der Waals surface area contributed by atoms with E-state index in [4.69, 9.17) is 16.2 Å². The Morgan fingerprint density at radius 3 is 2.88 bits per heavy atom. The Bertz CT molecular complexity index is 372. The number of carbonyl (C=O) groups is 2. The van der Waals surface area contributed by atoms with Gasteiger partial charge in [-0.2, -0.15) is 4.99 Å². The number of ether oxygens (including phenoxy) is 1. The molecule has 2 atom stereocenters. The number of nitrogens with zero attached hydrogens (tertiary/aromatic N) is 1. The predicted octanol–water partition coefficient (Wildman–Crippen LogP) is -0.313. The highest BCUT2D eigenvalue weighted by atomic mass is 32.2. The normalized spacial score (nSPS) is 25.9. The van der Waals surface area contributed by atoms with Gasteiger partial charge in [-0.25, -0.2) is 4.39 Å². The predicted molar refractivity (Wildman–Crippen MR) is 61.8 cm³/mol. The first-order chi connectivity index (χ1) is 8.06. The third-order valence-electron chi connectivity index (χ3n) is 1.92. The first-order valence-corrected chi connectivity index (χ1v) is 5.78. The summed E-state index contributed by atoms with van der Waals surface area (Å²) in [6, 6.07) is 0. The summed E-state index contributed by atoms with van der Waals surface area (Å²) in [6.07, 6.45) is 0.833. The van der Waals surface area contributed by atoms with Gasteiger partial charge in [-0.15, -0.1) is 11.8 Å². The van der Waals surface area contributed by atoms with Crippen molar-refractivity contribution in [1.29, 1.82) is 0 Å². The van der Waals surface area contributed by atoms with Crippen molar-refractivity contribution in [2.75, 3.05) is 5.75 Å². The number of hydrogen-bond acceptors (Lipinski definition) is 5. The summed E-state index contributed by atoms with van der Waals surface area (Å²) >= 11 is 1.29. The largest absolute Gasteiger partial charge is 0.402 e. The Labute approximate surface area is 101 Å². The van der Waals surface area contributed by atoms with Crippen LogP contribution in [0.5, 0.6) is 0 Å². The second kappa shape index (κ2) is 6.36. The Hall–Kier alpha value is -1.41. The molecule has 8 heteroatoms. The highest BCUT2D eigenvalue weighted by Gasteiger charge is 2.27. The lowest BCUT2D eigenvalue weighted by Crippen LogP contribution is -2.20. The van der Waals surface area contributed by atoms with Gasteiger partial charge in [-0.1, -0.05) is 0 Å². The average Bonchev–Trinajstić information content (AvgIpc) is 2.75. The molecule has 1 saturated heterocycles. The van der Waals surface area contributed by atoms with Crippen LogP contribution in [0, 0.1) is 0 Å². The van der Waals surface area contributed by atoms with Crippen LogP contribution in [0.2, 0.25) is 0 Å². The molecule has 94 valence electrons. The van der Waals surface area contributed by atoms with Crippen LogP contribution in [0.4, 0.5) is 4.39 Å². The summed E-state index contributed by atoms with van der Waals surface area (Å²) in [6.45, 7) is 0. The number of hydrogen-bond donors (Lipinski definition) is 2. The summed E-state index contributed by atoms with van der Waals surface area (Å²) in [7, 11) is 0. The van der Waals surface area contributed by atoms with Crippen molar-refractivity contribution in [3.8, 4) is 0 Å². The number of aliphatic imine (C=N–C) groups is 1. The molecule has 1 heterocycles. The second-order valence-electron chi connectivity index (χ2n) is 3.21. The van der Waals surface area contributed by atoms with E-state index in [0.29, 0.717) is 18.2 Å². The van der Waals surface area contributed by atoms with Crippen LogP contribution < -0.4 is 11.5 Å². The number of carbonyl (C=O) groups excluding carboxylic acids is 2. The maximum absolute atomic E-state index is 12.8. The number of rotatable bonds is 4. The lowest BCUT2D eigenvalue weighted by atomic mass is 10.3. The quantitative estimate of drug-likeness (QED) is 0.408. The first-order valence-electron chi connectivity index (χ1n) is 4.74. The lowest BCUT2D eigenvalue weighted by molar-refractivity contribution is -0.122. The summed E-state index contributed by atoms with van der Waals surface area (Å²) in [4.78, 5) is 25.1. The molecule has 0 aromatic rings. The molecule has 1 aliphatic rings. The minimum Gasteiger partial charge on any atom is -0.402 e. The fraction of sp³-hybridized carbons (Fsp3) is 0.444. The molecular weight excluding hydrogens is 249 g/mol. The molecule has 1 unspecified atom stereocenters. The van der Waals surface area contributed by atoms with Crippen LogP contribution >= 0.6 is 11.8 Å². The molecule has 0 radical (unpaired) electrons. The molecule has 4 N–H and O–H groups in total. The molecule has 1 aliphatic heterocycles. The topological polar surface area (TPSA) is 108 Å². The molecule has 0 spiro atoms. The van der Waals surface area contributed by atoms with Gasteiger partial charge in [0.1, 0.15) is 0 Å². The van der Waals surface area contributed by atoms with E-state index in [1.807, 2.05) is 0 Å². The van der Waals surface area contributed by atoms with Gasteiger partial charge in [0.05, 0.1) is 12.5 Å². The highest BCUT2D eigenvalue weighted by molar-refractivity contribution is 8.00. The molecule has 1 rings (SSSR count). The molecule has 1 fully saturated rings. The number of amides is 1. The number of halogens is 1. The van der Waals surface area contributed by atoms with Gasteiger partial charge in [-0.3, -0.25) is 9.59 Å². The van der Waals surface area contributed by atoms with Crippen LogP contribution in [-0.2, 0) is 14.3 Å². The van der Waals surface area contributed by atoms with Gasteiger partial charge in [-0.05, 0) is 0 Å². The third kappa shape index (κ3) is 4.16. The van der Waals surface area contributed by atoms with Crippen LogP contribution in [0.3, 0.4) is 0 Å². The van der Waals surface area contributed by atoms with Gasteiger partial charge in [0.2, 0.25) is 5.91 Å². The molecule has 1 amide bonds. The van der Waals surface area contributed by atoms with Crippen molar-refractivity contribution in [3.63, 3.8) is 0 Å². The minimum atomic E-state index is -0.953. The van der Waals surface area contributed by atoms with Crippen LogP contribution in [0.15, 0.2) is 17.0 Å². The molecule has 0 aromatic carbocycles. The third-order valence-corrected chi connectivity index (χ3v) is 3.04. The fourth-order valence-corrected chi connectivity index (χ4v) is 2.08. The van der Waals surface area contributed by atoms with E-state index in [-0.39, 0.29) is 6.42 Å². The van der Waals surface area contributed by atoms with Crippen molar-refractivity contribution in [1.82, 2.24) is 0 Å². The second-order valence-corrected chi connectivity index (χ2v) is 4.34. The van der Waals surface area contributed by atoms with Crippen molar-refractivity contribution < 1.29 is 18.7 Å². The molecule has 0 aromatic heterocycles. The van der Waals surface area contributed by atoms with E-state index in [9.17, 15) is 14.0 Å². The first kappa shape index (κ1) is 13.7. The highest BCUT2D eigenvalue weighted by Crippen LogP contribution is 2.25. The smallest absolute Gasteiger partial charge is 0.250 e. The van der Waals surface area contributed by atoms with Gasteiger partial charge < -0.3 is 16.2 Å². The molecule has 6 nitrogen and oxygen atoms in total. The van der Waals surface area contributed by atoms with E-state index in [1.165, 1.54) is 11.8 Å². The van der Waals surface area contributed by atoms with E-state index in [1.54, 1.807) is 0 Å². The SMILES string of the molecule is N/C=C(/F)C(N)=NC(=O)C[C@@H]1CSC(C=O)O1. The zero-order valence-corrected chi connectivity index (χ0v) is 9.65. The number of nitrogens with two attached hydrogens (primary N) is 2. The Morgan fingerprint density at radius 2 is 2.35 bits per heavy atom. The fourth-order valence-electron chi connectivity index (χ4n) is 1.16. The zero-order valence-electron chi connectivity index (χ0n) is 8.84. The molecule has 0 saturated carbocycles. The zero-order chi connectivity index (χ0) is 12.8. The summed E-state index contributed by atoms with van der Waals surface area (Å²) < 4.78 is 17.9. The maximum Gasteiger partial charge on any atom is 0.250 e. The number of amidine groups is 1. The van der Waals surface area contributed by atoms with E-state index in [0.717, 1.165) is 0 Å². The monoisotopic (exact) mass is 261 g/mol. The van der Waals surface area contributed by atoms with Crippen molar-refractivity contribution in [2.45, 2.75) is 18.0 Å². The van der Waals surface area contributed by atoms with Crippen LogP contribution in [0.1, 0.15) is 6.42 Å². The summed E-state index contributed by atoms with van der Waals surface area (Å²) in [5.41, 5.74) is 9.49. The standard InChI is InChI=1S/C9H12FN3O3S/c10-6(2-11)9(12)13-7(15)1-5-4-17-8(3-14)16-5/h2-3,5,8H,1,4,11H2,(H2,12,13,15)/b6-2+/t5-,8?/m1/s1. The van der Waals surface area contributed by atoms with Gasteiger partial charge in [0, 0.05) is 12.0 Å². The lowest BCUT2D eigenvalue weighted by Gasteiger charge is -2.06. The Balaban J connectivity index is 2.48. The summed E-state index contributed by atoms with van der Waals surface area (Å²) in [5, 5.41) is 0. The van der Waals surface area contributed by atoms with Gasteiger partial charge in [0.25, 0.3) is 0 Å². The average molecular weight is 261 g/mol. The molecule has 17 heavy (non-hydrogen) atoms. The summed E-state index contributed by atoms with van der Waals surface area (Å²) in [5.74, 6) is -1.61. The van der Waals surface area contributed by atoms with Crippen molar-refractivity contribution in [3.05, 3.63) is 12.0 Å². The van der Waals surface area contributed by atoms with Gasteiger partial charge >= 0.3 is 0 Å². The van der Waals surface area contributed by atoms with E-state index in [2.05, 4.69) is 4.99 Å². The molecular formula is C9H12FN3O3S. The number of aldehydes is 1. The van der Waals surface area contributed by atoms with E-state index >= 15 is 0 Å². The Kier molecular flexibility index (Phi) is 5.11. The number of thioether (sulfide) groups is 1.